The molecule has 1 aliphatic heterocycles. The van der Waals surface area contributed by atoms with Crippen molar-refractivity contribution >= 4 is 40.5 Å². The van der Waals surface area contributed by atoms with Crippen LogP contribution in [0.15, 0.2) is 104 Å². The van der Waals surface area contributed by atoms with Gasteiger partial charge in [0.15, 0.2) is 24.3 Å². The summed E-state index contributed by atoms with van der Waals surface area (Å²) in [4.78, 5) is 47.4. The van der Waals surface area contributed by atoms with Crippen LogP contribution in [-0.2, 0) is 18.9 Å². The van der Waals surface area contributed by atoms with Crippen molar-refractivity contribution in [2.75, 3.05) is 6.61 Å². The molecule has 12 heteroatoms. The van der Waals surface area contributed by atoms with Gasteiger partial charge in [-0.2, -0.15) is 0 Å². The van der Waals surface area contributed by atoms with E-state index in [1.54, 1.807) is 91.0 Å². The summed E-state index contributed by atoms with van der Waals surface area (Å²) >= 11 is 6.16. The molecule has 2 aromatic heterocycles. The van der Waals surface area contributed by atoms with Crippen LogP contribution in [0.4, 0.5) is 4.39 Å². The number of hydrogen-bond acceptors (Lipinski definition) is 9. The van der Waals surface area contributed by atoms with Crippen LogP contribution in [0.1, 0.15) is 37.3 Å². The molecular weight excluding hydrogens is 593 g/mol. The maximum absolute atomic E-state index is 15.1. The highest BCUT2D eigenvalue weighted by Gasteiger charge is 2.52. The second-order valence-corrected chi connectivity index (χ2v) is 10.1. The number of hydrogen-bond donors (Lipinski definition) is 0. The summed E-state index contributed by atoms with van der Waals surface area (Å²) in [6.07, 6.45) is -2.86. The molecule has 10 nitrogen and oxygen atoms in total. The predicted molar refractivity (Wildman–Crippen MR) is 154 cm³/mol. The molecule has 5 aromatic rings. The number of fused-ring (bicyclic) bond motifs is 1. The summed E-state index contributed by atoms with van der Waals surface area (Å²) in [5, 5.41) is -0.217. The van der Waals surface area contributed by atoms with Crippen LogP contribution in [0.3, 0.4) is 0 Å². The van der Waals surface area contributed by atoms with Crippen LogP contribution in [0.25, 0.3) is 11.0 Å². The first-order chi connectivity index (χ1) is 21.4. The Bertz CT molecular complexity index is 1800. The molecule has 0 aliphatic carbocycles. The SMILES string of the molecule is O=C(OC[C@@H]1O[C@H](n2cc(F)c3c(Cl)ncnc32)[C@@H](OC(=O)c2ccccc2)[C@H]1OC(=O)c1ccccc1)c1ccccc1. The third kappa shape index (κ3) is 5.87. The molecule has 1 fully saturated rings. The standard InChI is InChI=1S/C32H23ClFN3O7/c33-27-24-22(34)16-37(28(24)36-18-35-27)29-26(44-32(40)21-14-8-3-9-15-21)25(43-31(39)20-12-6-2-7-13-20)23(42-29)17-41-30(38)19-10-4-1-5-11-19/h1-16,18,23,25-26,29H,17H2/t23-,25-,26-,29-/m0/s1. The Hall–Kier alpha value is -5.13. The van der Waals surface area contributed by atoms with Crippen LogP contribution >= 0.6 is 11.6 Å². The van der Waals surface area contributed by atoms with Gasteiger partial charge >= 0.3 is 17.9 Å². The topological polar surface area (TPSA) is 119 Å². The molecule has 0 amide bonds. The van der Waals surface area contributed by atoms with Crippen molar-refractivity contribution in [2.24, 2.45) is 0 Å². The first-order valence-corrected chi connectivity index (χ1v) is 13.8. The van der Waals surface area contributed by atoms with E-state index >= 15 is 4.39 Å². The second kappa shape index (κ2) is 12.6. The molecular formula is C32H23ClFN3O7. The van der Waals surface area contributed by atoms with Crippen molar-refractivity contribution in [3.05, 3.63) is 131 Å². The Kier molecular flexibility index (Phi) is 8.31. The monoisotopic (exact) mass is 615 g/mol. The van der Waals surface area contributed by atoms with Gasteiger partial charge in [0.25, 0.3) is 0 Å². The average molecular weight is 616 g/mol. The largest absolute Gasteiger partial charge is 0.459 e. The number of halogens is 2. The smallest absolute Gasteiger partial charge is 0.338 e. The molecule has 6 rings (SSSR count). The van der Waals surface area contributed by atoms with Crippen molar-refractivity contribution in [3.63, 3.8) is 0 Å². The lowest BCUT2D eigenvalue weighted by Gasteiger charge is -2.25. The van der Waals surface area contributed by atoms with Gasteiger partial charge in [-0.3, -0.25) is 4.57 Å². The minimum Gasteiger partial charge on any atom is -0.459 e. The van der Waals surface area contributed by atoms with Crippen LogP contribution < -0.4 is 0 Å². The molecule has 1 aliphatic rings. The number of nitrogens with zero attached hydrogens (tertiary/aromatic N) is 3. The van der Waals surface area contributed by atoms with E-state index in [-0.39, 0.29) is 32.9 Å². The first-order valence-electron chi connectivity index (χ1n) is 13.5. The molecule has 0 spiro atoms. The van der Waals surface area contributed by atoms with E-state index in [0.29, 0.717) is 0 Å². The van der Waals surface area contributed by atoms with Crippen LogP contribution in [0.2, 0.25) is 5.15 Å². The number of carbonyl (C=O) groups excluding carboxylic acids is 3. The highest BCUT2D eigenvalue weighted by molar-refractivity contribution is 6.34. The van der Waals surface area contributed by atoms with E-state index < -0.39 is 54.9 Å². The van der Waals surface area contributed by atoms with Gasteiger partial charge in [-0.25, -0.2) is 28.7 Å². The Morgan fingerprint density at radius 1 is 0.773 bits per heavy atom. The summed E-state index contributed by atoms with van der Waals surface area (Å²) in [7, 11) is 0. The quantitative estimate of drug-likeness (QED) is 0.128. The number of ether oxygens (including phenoxy) is 4. The summed E-state index contributed by atoms with van der Waals surface area (Å²) in [6, 6.07) is 24.6. The molecule has 4 atom stereocenters. The Morgan fingerprint density at radius 2 is 1.30 bits per heavy atom. The van der Waals surface area contributed by atoms with Crippen LogP contribution in [-0.4, -0.2) is 57.4 Å². The normalized spacial score (nSPS) is 19.4. The Morgan fingerprint density at radius 3 is 1.86 bits per heavy atom. The Balaban J connectivity index is 1.39. The zero-order valence-corrected chi connectivity index (χ0v) is 23.5. The number of benzene rings is 3. The van der Waals surface area contributed by atoms with E-state index in [2.05, 4.69) is 9.97 Å². The average Bonchev–Trinajstić information content (AvgIpc) is 3.57. The zero-order chi connectivity index (χ0) is 30.6. The lowest BCUT2D eigenvalue weighted by atomic mass is 10.1. The van der Waals surface area contributed by atoms with Gasteiger partial charge < -0.3 is 18.9 Å². The fraction of sp³-hybridized carbons (Fsp3) is 0.156. The molecule has 0 N–H and O–H groups in total. The highest BCUT2D eigenvalue weighted by Crippen LogP contribution is 2.38. The fourth-order valence-corrected chi connectivity index (χ4v) is 5.10. The van der Waals surface area contributed by atoms with Crippen molar-refractivity contribution in [2.45, 2.75) is 24.5 Å². The summed E-state index contributed by atoms with van der Waals surface area (Å²) in [5.41, 5.74) is 0.772. The maximum atomic E-state index is 15.1. The summed E-state index contributed by atoms with van der Waals surface area (Å²) < 4.78 is 40.0. The molecule has 0 bridgehead atoms. The second-order valence-electron chi connectivity index (χ2n) is 9.75. The lowest BCUT2D eigenvalue weighted by molar-refractivity contribution is -0.0605. The van der Waals surface area contributed by atoms with Crippen LogP contribution in [0, 0.1) is 5.82 Å². The van der Waals surface area contributed by atoms with E-state index in [1.807, 2.05) is 0 Å². The van der Waals surface area contributed by atoms with Crippen molar-refractivity contribution < 1.29 is 37.7 Å². The molecule has 0 radical (unpaired) electrons. The van der Waals surface area contributed by atoms with E-state index in [4.69, 9.17) is 30.5 Å². The number of carbonyl (C=O) groups is 3. The molecule has 3 heterocycles. The Labute approximate surface area is 254 Å². The minimum absolute atomic E-state index is 0.0447. The van der Waals surface area contributed by atoms with E-state index in [0.717, 1.165) is 12.5 Å². The molecule has 1 saturated heterocycles. The van der Waals surface area contributed by atoms with Gasteiger partial charge in [-0.1, -0.05) is 66.2 Å². The first kappa shape index (κ1) is 29.0. The summed E-state index contributed by atoms with van der Waals surface area (Å²) in [6.45, 7) is -0.395. The lowest BCUT2D eigenvalue weighted by Crippen LogP contribution is -2.41. The van der Waals surface area contributed by atoms with Gasteiger partial charge in [0, 0.05) is 6.20 Å². The van der Waals surface area contributed by atoms with Crippen molar-refractivity contribution in [3.8, 4) is 0 Å². The zero-order valence-electron chi connectivity index (χ0n) is 22.8. The van der Waals surface area contributed by atoms with E-state index in [1.165, 1.54) is 4.57 Å². The molecule has 222 valence electrons. The minimum atomic E-state index is -1.35. The summed E-state index contributed by atoms with van der Waals surface area (Å²) in [5.74, 6) is -2.90. The van der Waals surface area contributed by atoms with E-state index in [9.17, 15) is 14.4 Å². The predicted octanol–water partition coefficient (Wildman–Crippen LogP) is 5.43. The van der Waals surface area contributed by atoms with Crippen molar-refractivity contribution in [1.82, 2.24) is 14.5 Å². The van der Waals surface area contributed by atoms with Gasteiger partial charge in [0.2, 0.25) is 0 Å². The third-order valence-corrected chi connectivity index (χ3v) is 7.26. The van der Waals surface area contributed by atoms with Gasteiger partial charge in [0.05, 0.1) is 22.1 Å². The third-order valence-electron chi connectivity index (χ3n) is 6.97. The van der Waals surface area contributed by atoms with Gasteiger partial charge in [-0.15, -0.1) is 0 Å². The fourth-order valence-electron chi connectivity index (χ4n) is 4.88. The highest BCUT2D eigenvalue weighted by atomic mass is 35.5. The molecule has 44 heavy (non-hydrogen) atoms. The maximum Gasteiger partial charge on any atom is 0.338 e. The van der Waals surface area contributed by atoms with Crippen molar-refractivity contribution in [1.29, 1.82) is 0 Å². The molecule has 3 aromatic carbocycles. The van der Waals surface area contributed by atoms with Crippen LogP contribution in [0.5, 0.6) is 0 Å². The number of esters is 3. The number of rotatable bonds is 8. The van der Waals surface area contributed by atoms with Gasteiger partial charge in [0.1, 0.15) is 29.8 Å². The number of aromatic nitrogens is 3. The van der Waals surface area contributed by atoms with Gasteiger partial charge in [-0.05, 0) is 36.4 Å². The molecule has 0 unspecified atom stereocenters. The molecule has 0 saturated carbocycles.